The van der Waals surface area contributed by atoms with Crippen LogP contribution in [0.25, 0.3) is 11.3 Å². The third kappa shape index (κ3) is 2.90. The predicted octanol–water partition coefficient (Wildman–Crippen LogP) is 3.40. The van der Waals surface area contributed by atoms with E-state index in [1.54, 1.807) is 23.5 Å². The van der Waals surface area contributed by atoms with Gasteiger partial charge in [-0.25, -0.2) is 9.37 Å². The number of halogens is 1. The van der Waals surface area contributed by atoms with E-state index in [2.05, 4.69) is 11.9 Å². The largest absolute Gasteiger partial charge is 0.330 e. The first-order chi connectivity index (χ1) is 8.20. The Morgan fingerprint density at radius 3 is 2.71 bits per heavy atom. The zero-order chi connectivity index (χ0) is 12.3. The maximum Gasteiger partial charge on any atom is 0.123 e. The second kappa shape index (κ2) is 5.38. The summed E-state index contributed by atoms with van der Waals surface area (Å²) in [6.07, 6.45) is 0.941. The third-order valence-corrected chi connectivity index (χ3v) is 3.76. The Balaban J connectivity index is 2.20. The summed E-state index contributed by atoms with van der Waals surface area (Å²) in [5.41, 5.74) is 7.40. The van der Waals surface area contributed by atoms with E-state index in [0.717, 1.165) is 22.7 Å². The minimum absolute atomic E-state index is 0.222. The minimum atomic E-state index is -0.222. The molecule has 2 rings (SSSR count). The molecule has 17 heavy (non-hydrogen) atoms. The molecule has 1 aromatic heterocycles. The first kappa shape index (κ1) is 12.2. The molecular weight excluding hydrogens is 235 g/mol. The van der Waals surface area contributed by atoms with Crippen LogP contribution in [0.3, 0.4) is 0 Å². The smallest absolute Gasteiger partial charge is 0.123 e. The first-order valence-corrected chi connectivity index (χ1v) is 6.50. The van der Waals surface area contributed by atoms with E-state index in [-0.39, 0.29) is 5.82 Å². The standard InChI is InChI=1S/C13H15FN2S/c1-9(6-7-15)13-16-12(8-17-13)10-2-4-11(14)5-3-10/h2-5,8-9H,6-7,15H2,1H3. The van der Waals surface area contributed by atoms with Gasteiger partial charge in [-0.2, -0.15) is 0 Å². The van der Waals surface area contributed by atoms with Gasteiger partial charge in [0.2, 0.25) is 0 Å². The maximum atomic E-state index is 12.8. The summed E-state index contributed by atoms with van der Waals surface area (Å²) < 4.78 is 12.8. The molecule has 0 aliphatic rings. The molecule has 2 nitrogen and oxygen atoms in total. The SMILES string of the molecule is CC(CCN)c1nc(-c2ccc(F)cc2)cs1. The van der Waals surface area contributed by atoms with E-state index >= 15 is 0 Å². The van der Waals surface area contributed by atoms with Gasteiger partial charge < -0.3 is 5.73 Å². The normalized spacial score (nSPS) is 12.6. The second-order valence-corrected chi connectivity index (χ2v) is 4.95. The van der Waals surface area contributed by atoms with Gasteiger partial charge in [0.1, 0.15) is 5.82 Å². The molecular formula is C13H15FN2S. The van der Waals surface area contributed by atoms with Gasteiger partial charge in [0.05, 0.1) is 10.7 Å². The number of hydrogen-bond acceptors (Lipinski definition) is 3. The highest BCUT2D eigenvalue weighted by Gasteiger charge is 2.10. The Kier molecular flexibility index (Phi) is 3.86. The van der Waals surface area contributed by atoms with Crippen molar-refractivity contribution in [3.8, 4) is 11.3 Å². The van der Waals surface area contributed by atoms with Crippen molar-refractivity contribution in [3.05, 3.63) is 40.5 Å². The molecule has 0 saturated carbocycles. The van der Waals surface area contributed by atoms with E-state index in [4.69, 9.17) is 5.73 Å². The molecule has 2 aromatic rings. The monoisotopic (exact) mass is 250 g/mol. The van der Waals surface area contributed by atoms with Crippen molar-refractivity contribution in [2.75, 3.05) is 6.54 Å². The molecule has 0 aliphatic carbocycles. The van der Waals surface area contributed by atoms with E-state index < -0.39 is 0 Å². The molecule has 1 unspecified atom stereocenters. The number of nitrogens with zero attached hydrogens (tertiary/aromatic N) is 1. The molecule has 0 fully saturated rings. The number of aromatic nitrogens is 1. The van der Waals surface area contributed by atoms with Gasteiger partial charge in [-0.15, -0.1) is 11.3 Å². The van der Waals surface area contributed by atoms with Crippen molar-refractivity contribution in [3.63, 3.8) is 0 Å². The van der Waals surface area contributed by atoms with Gasteiger partial charge in [-0.1, -0.05) is 6.92 Å². The zero-order valence-electron chi connectivity index (χ0n) is 9.69. The van der Waals surface area contributed by atoms with Crippen LogP contribution in [-0.4, -0.2) is 11.5 Å². The highest BCUT2D eigenvalue weighted by molar-refractivity contribution is 7.10. The van der Waals surface area contributed by atoms with Gasteiger partial charge in [-0.05, 0) is 37.2 Å². The Hall–Kier alpha value is -1.26. The van der Waals surface area contributed by atoms with E-state index in [9.17, 15) is 4.39 Å². The van der Waals surface area contributed by atoms with Crippen LogP contribution in [0.15, 0.2) is 29.6 Å². The Morgan fingerprint density at radius 2 is 2.06 bits per heavy atom. The summed E-state index contributed by atoms with van der Waals surface area (Å²) in [6, 6.07) is 6.42. The quantitative estimate of drug-likeness (QED) is 0.903. The number of benzene rings is 1. The maximum absolute atomic E-state index is 12.8. The Bertz CT molecular complexity index is 478. The lowest BCUT2D eigenvalue weighted by molar-refractivity contribution is 0.628. The number of nitrogens with two attached hydrogens (primary N) is 1. The molecule has 90 valence electrons. The van der Waals surface area contributed by atoms with Crippen LogP contribution in [0.2, 0.25) is 0 Å². The first-order valence-electron chi connectivity index (χ1n) is 5.62. The van der Waals surface area contributed by atoms with Crippen LogP contribution >= 0.6 is 11.3 Å². The predicted molar refractivity (Wildman–Crippen MR) is 69.6 cm³/mol. The van der Waals surface area contributed by atoms with Gasteiger partial charge in [0.15, 0.2) is 0 Å². The summed E-state index contributed by atoms with van der Waals surface area (Å²) in [7, 11) is 0. The van der Waals surface area contributed by atoms with Crippen molar-refractivity contribution in [1.29, 1.82) is 0 Å². The summed E-state index contributed by atoms with van der Waals surface area (Å²) >= 11 is 1.64. The topological polar surface area (TPSA) is 38.9 Å². The lowest BCUT2D eigenvalue weighted by Crippen LogP contribution is -2.04. The number of thiazole rings is 1. The third-order valence-electron chi connectivity index (χ3n) is 2.68. The van der Waals surface area contributed by atoms with Gasteiger partial charge in [-0.3, -0.25) is 0 Å². The van der Waals surface area contributed by atoms with Crippen LogP contribution in [0.5, 0.6) is 0 Å². The second-order valence-electron chi connectivity index (χ2n) is 4.06. The average molecular weight is 250 g/mol. The Labute approximate surface area is 104 Å². The van der Waals surface area contributed by atoms with E-state index in [1.807, 2.05) is 5.38 Å². The molecule has 0 spiro atoms. The molecule has 0 radical (unpaired) electrons. The molecule has 4 heteroatoms. The summed E-state index contributed by atoms with van der Waals surface area (Å²) in [5, 5.41) is 3.10. The molecule has 1 aromatic carbocycles. The molecule has 2 N–H and O–H groups in total. The van der Waals surface area contributed by atoms with Crippen molar-refractivity contribution in [1.82, 2.24) is 4.98 Å². The van der Waals surface area contributed by atoms with Crippen LogP contribution < -0.4 is 5.73 Å². The summed E-state index contributed by atoms with van der Waals surface area (Å²) in [4.78, 5) is 4.57. The fraction of sp³-hybridized carbons (Fsp3) is 0.308. The minimum Gasteiger partial charge on any atom is -0.330 e. The lowest BCUT2D eigenvalue weighted by Gasteiger charge is -2.04. The summed E-state index contributed by atoms with van der Waals surface area (Å²) in [5.74, 6) is 0.167. The van der Waals surface area contributed by atoms with E-state index in [1.165, 1.54) is 12.1 Å². The summed E-state index contributed by atoms with van der Waals surface area (Å²) in [6.45, 7) is 2.80. The van der Waals surface area contributed by atoms with Crippen LogP contribution in [0.1, 0.15) is 24.3 Å². The fourth-order valence-corrected chi connectivity index (χ4v) is 2.56. The molecule has 0 saturated heterocycles. The van der Waals surface area contributed by atoms with Crippen molar-refractivity contribution in [2.45, 2.75) is 19.3 Å². The van der Waals surface area contributed by atoms with Crippen molar-refractivity contribution in [2.24, 2.45) is 5.73 Å². The highest BCUT2D eigenvalue weighted by atomic mass is 32.1. The van der Waals surface area contributed by atoms with Crippen molar-refractivity contribution >= 4 is 11.3 Å². The van der Waals surface area contributed by atoms with Crippen LogP contribution in [0.4, 0.5) is 4.39 Å². The fourth-order valence-electron chi connectivity index (χ4n) is 1.64. The van der Waals surface area contributed by atoms with E-state index in [0.29, 0.717) is 12.5 Å². The van der Waals surface area contributed by atoms with Crippen LogP contribution in [0, 0.1) is 5.82 Å². The van der Waals surface area contributed by atoms with Crippen molar-refractivity contribution < 1.29 is 4.39 Å². The molecule has 1 heterocycles. The van der Waals surface area contributed by atoms with Gasteiger partial charge in [0, 0.05) is 16.9 Å². The molecule has 0 bridgehead atoms. The van der Waals surface area contributed by atoms with Crippen LogP contribution in [-0.2, 0) is 0 Å². The zero-order valence-corrected chi connectivity index (χ0v) is 10.5. The average Bonchev–Trinajstić information content (AvgIpc) is 2.80. The molecule has 1 atom stereocenters. The molecule has 0 aliphatic heterocycles. The van der Waals surface area contributed by atoms with Gasteiger partial charge in [0.25, 0.3) is 0 Å². The highest BCUT2D eigenvalue weighted by Crippen LogP contribution is 2.27. The number of hydrogen-bond donors (Lipinski definition) is 1. The molecule has 0 amide bonds. The lowest BCUT2D eigenvalue weighted by atomic mass is 10.1. The Morgan fingerprint density at radius 1 is 1.35 bits per heavy atom. The number of rotatable bonds is 4. The van der Waals surface area contributed by atoms with Gasteiger partial charge >= 0.3 is 0 Å².